The van der Waals surface area contributed by atoms with Gasteiger partial charge in [-0.2, -0.15) is 10.2 Å². The van der Waals surface area contributed by atoms with Crippen LogP contribution in [-0.2, 0) is 9.47 Å². The molecule has 2 aromatic carbocycles. The average molecular weight is 460 g/mol. The summed E-state index contributed by atoms with van der Waals surface area (Å²) in [6, 6.07) is 5.95. The molecule has 0 radical (unpaired) electrons. The van der Waals surface area contributed by atoms with Crippen LogP contribution in [0.25, 0.3) is 21.8 Å². The van der Waals surface area contributed by atoms with E-state index in [-0.39, 0.29) is 18.7 Å². The molecule has 0 saturated heterocycles. The van der Waals surface area contributed by atoms with Crippen molar-refractivity contribution >= 4 is 45.1 Å². The summed E-state index contributed by atoms with van der Waals surface area (Å²) in [5.41, 5.74) is 7.35. The molecule has 0 amide bonds. The maximum absolute atomic E-state index is 11.3. The molecule has 0 aliphatic rings. The molecule has 176 valence electrons. The van der Waals surface area contributed by atoms with Crippen LogP contribution in [0, 0.1) is 10.1 Å². The number of esters is 2. The zero-order chi connectivity index (χ0) is 23.8. The van der Waals surface area contributed by atoms with Gasteiger partial charge in [0.15, 0.2) is 0 Å². The molecule has 0 saturated carbocycles. The van der Waals surface area contributed by atoms with Gasteiger partial charge in [0, 0.05) is 29.6 Å². The minimum Gasteiger partial charge on any atom is -0.465 e. The third kappa shape index (κ3) is 5.80. The lowest BCUT2D eigenvalue weighted by atomic mass is 10.1. The molecule has 0 atom stereocenters. The first kappa shape index (κ1) is 26.5. The van der Waals surface area contributed by atoms with Crippen molar-refractivity contribution in [2.45, 2.75) is 7.43 Å². The van der Waals surface area contributed by atoms with E-state index in [9.17, 15) is 19.7 Å². The van der Waals surface area contributed by atoms with Crippen LogP contribution in [0.1, 0.15) is 28.1 Å². The van der Waals surface area contributed by atoms with Crippen molar-refractivity contribution < 1.29 is 29.1 Å². The number of H-pyrrole nitrogens is 2. The molecule has 5 N–H and O–H groups in total. The van der Waals surface area contributed by atoms with Gasteiger partial charge in [0.2, 0.25) is 0 Å². The molecule has 0 spiro atoms. The molecule has 0 aliphatic carbocycles. The molecular weight excluding hydrogens is 436 g/mol. The summed E-state index contributed by atoms with van der Waals surface area (Å²) in [4.78, 5) is 32.8. The summed E-state index contributed by atoms with van der Waals surface area (Å²) < 4.78 is 9.06. The van der Waals surface area contributed by atoms with E-state index in [0.717, 1.165) is 18.0 Å². The number of nitro groups is 1. The molecular formula is C20H24N6O7. The summed E-state index contributed by atoms with van der Waals surface area (Å²) in [5.74, 6) is -1.19. The molecule has 4 rings (SSSR count). The second-order valence-corrected chi connectivity index (χ2v) is 5.96. The minimum absolute atomic E-state index is 0. The van der Waals surface area contributed by atoms with Crippen LogP contribution in [0.4, 0.5) is 11.4 Å². The summed E-state index contributed by atoms with van der Waals surface area (Å²) in [5, 5.41) is 32.2. The van der Waals surface area contributed by atoms with Crippen LogP contribution >= 0.6 is 0 Å². The number of hydrogen-bond acceptors (Lipinski definition) is 10. The van der Waals surface area contributed by atoms with Gasteiger partial charge >= 0.3 is 11.9 Å². The Hall–Kier alpha value is -4.52. The Morgan fingerprint density at radius 3 is 1.88 bits per heavy atom. The molecule has 4 aromatic rings. The highest BCUT2D eigenvalue weighted by Crippen LogP contribution is 2.25. The smallest absolute Gasteiger partial charge is 0.344 e. The zero-order valence-corrected chi connectivity index (χ0v) is 17.3. The van der Waals surface area contributed by atoms with E-state index in [2.05, 4.69) is 29.9 Å². The highest BCUT2D eigenvalue weighted by Gasteiger charge is 2.22. The predicted octanol–water partition coefficient (Wildman–Crippen LogP) is 2.43. The van der Waals surface area contributed by atoms with Crippen molar-refractivity contribution in [3.63, 3.8) is 0 Å². The van der Waals surface area contributed by atoms with Gasteiger partial charge in [-0.25, -0.2) is 9.59 Å². The quantitative estimate of drug-likeness (QED) is 0.152. The number of aromatic amines is 2. The summed E-state index contributed by atoms with van der Waals surface area (Å²) in [7, 11) is 3.49. The monoisotopic (exact) mass is 460 g/mol. The van der Waals surface area contributed by atoms with Crippen molar-refractivity contribution in [1.29, 1.82) is 0 Å². The van der Waals surface area contributed by atoms with Crippen molar-refractivity contribution in [3.05, 3.63) is 57.9 Å². The minimum atomic E-state index is -0.747. The first-order chi connectivity index (χ1) is 15.3. The maximum atomic E-state index is 11.3. The van der Waals surface area contributed by atoms with E-state index in [1.165, 1.54) is 32.5 Å². The molecule has 13 heteroatoms. The number of benzene rings is 2. The lowest BCUT2D eigenvalue weighted by Crippen LogP contribution is -2.05. The fourth-order valence-electron chi connectivity index (χ4n) is 2.70. The van der Waals surface area contributed by atoms with Gasteiger partial charge in [-0.1, -0.05) is 7.43 Å². The number of aliphatic hydroxyl groups excluding tert-OH is 1. The van der Waals surface area contributed by atoms with Gasteiger partial charge in [-0.3, -0.25) is 20.3 Å². The van der Waals surface area contributed by atoms with Crippen LogP contribution in [-0.4, -0.2) is 63.7 Å². The van der Waals surface area contributed by atoms with E-state index < -0.39 is 16.9 Å². The van der Waals surface area contributed by atoms with Gasteiger partial charge in [0.25, 0.3) is 5.69 Å². The number of hydrogen-bond donors (Lipinski definition) is 4. The number of nitro benzene ring substituents is 1. The Bertz CT molecular complexity index is 1260. The number of ether oxygens (including phenoxy) is 2. The average Bonchev–Trinajstić information content (AvgIpc) is 3.46. The van der Waals surface area contributed by atoms with Crippen LogP contribution in [0.2, 0.25) is 0 Å². The number of aromatic nitrogens is 4. The summed E-state index contributed by atoms with van der Waals surface area (Å²) >= 11 is 0. The third-order valence-electron chi connectivity index (χ3n) is 4.17. The molecule has 2 heterocycles. The molecule has 0 unspecified atom stereocenters. The van der Waals surface area contributed by atoms with E-state index >= 15 is 0 Å². The number of nitrogens with zero attached hydrogens (tertiary/aromatic N) is 3. The van der Waals surface area contributed by atoms with Gasteiger partial charge in [-0.05, 0) is 18.2 Å². The fraction of sp³-hybridized carbons (Fsp3) is 0.200. The Morgan fingerprint density at radius 2 is 1.39 bits per heavy atom. The van der Waals surface area contributed by atoms with Gasteiger partial charge in [0.05, 0.1) is 48.1 Å². The number of aliphatic hydroxyl groups is 1. The standard InChI is InChI=1S/C9H7N3O4.C9H9N3O2.CH4O.CH4/c1-16-9(13)6-3-7-5(4-10-11-7)2-8(6)12(14)15;1-14-9(13)6-3-8-5(2-7(6)10)4-11-12-8;1-2;/h2-4H,1H3,(H,10,11);2-4H,10H2,1H3,(H,11,12);2H,1H3;1H4. The highest BCUT2D eigenvalue weighted by molar-refractivity contribution is 6.00. The van der Waals surface area contributed by atoms with Crippen molar-refractivity contribution in [2.75, 3.05) is 27.1 Å². The molecule has 0 fully saturated rings. The highest BCUT2D eigenvalue weighted by atomic mass is 16.6. The van der Waals surface area contributed by atoms with E-state index in [1.54, 1.807) is 18.3 Å². The Labute approximate surface area is 187 Å². The van der Waals surface area contributed by atoms with Crippen molar-refractivity contribution in [1.82, 2.24) is 20.4 Å². The number of carbonyl (C=O) groups is 2. The number of carbonyl (C=O) groups excluding carboxylic acids is 2. The van der Waals surface area contributed by atoms with Crippen LogP contribution in [0.3, 0.4) is 0 Å². The topological polar surface area (TPSA) is 199 Å². The van der Waals surface area contributed by atoms with Crippen LogP contribution in [0.5, 0.6) is 0 Å². The second-order valence-electron chi connectivity index (χ2n) is 5.96. The number of anilines is 1. The van der Waals surface area contributed by atoms with E-state index in [4.69, 9.17) is 10.8 Å². The lowest BCUT2D eigenvalue weighted by Gasteiger charge is -2.02. The number of rotatable bonds is 3. The van der Waals surface area contributed by atoms with Gasteiger partial charge < -0.3 is 20.3 Å². The Balaban J connectivity index is 0.000000301. The van der Waals surface area contributed by atoms with Crippen molar-refractivity contribution in [2.24, 2.45) is 0 Å². The van der Waals surface area contributed by atoms with Crippen LogP contribution < -0.4 is 5.73 Å². The Kier molecular flexibility index (Phi) is 9.45. The Morgan fingerprint density at radius 1 is 0.939 bits per heavy atom. The molecule has 13 nitrogen and oxygen atoms in total. The third-order valence-corrected chi connectivity index (χ3v) is 4.17. The molecule has 0 aliphatic heterocycles. The second kappa shape index (κ2) is 11.8. The van der Waals surface area contributed by atoms with Crippen LogP contribution in [0.15, 0.2) is 36.7 Å². The van der Waals surface area contributed by atoms with E-state index in [1.807, 2.05) is 0 Å². The normalized spacial score (nSPS) is 9.58. The predicted molar refractivity (Wildman–Crippen MR) is 121 cm³/mol. The molecule has 0 bridgehead atoms. The molecule has 2 aromatic heterocycles. The number of fused-ring (bicyclic) bond motifs is 2. The summed E-state index contributed by atoms with van der Waals surface area (Å²) in [6.45, 7) is 0. The first-order valence-corrected chi connectivity index (χ1v) is 8.81. The first-order valence-electron chi connectivity index (χ1n) is 8.81. The number of methoxy groups -OCH3 is 2. The van der Waals surface area contributed by atoms with Gasteiger partial charge in [-0.15, -0.1) is 0 Å². The zero-order valence-electron chi connectivity index (χ0n) is 17.3. The SMILES string of the molecule is C.CO.COC(=O)c1cc2[nH]ncc2cc1N.COC(=O)c1cc2[nH]ncc2cc1[N+](=O)[O-]. The lowest BCUT2D eigenvalue weighted by molar-refractivity contribution is -0.385. The number of nitrogen functional groups attached to an aromatic ring is 1. The van der Waals surface area contributed by atoms with Crippen molar-refractivity contribution in [3.8, 4) is 0 Å². The van der Waals surface area contributed by atoms with E-state index in [0.29, 0.717) is 22.2 Å². The largest absolute Gasteiger partial charge is 0.465 e. The summed E-state index contributed by atoms with van der Waals surface area (Å²) in [6.07, 6.45) is 3.09. The van der Waals surface area contributed by atoms with Gasteiger partial charge in [0.1, 0.15) is 5.56 Å². The number of nitrogens with one attached hydrogen (secondary N) is 2. The molecule has 33 heavy (non-hydrogen) atoms. The fourth-order valence-corrected chi connectivity index (χ4v) is 2.70. The maximum Gasteiger partial charge on any atom is 0.344 e. The number of nitrogens with two attached hydrogens (primary N) is 1.